The number of alkyl carbamates (subject to hydrolysis) is 1. The quantitative estimate of drug-likeness (QED) is 0.742. The first kappa shape index (κ1) is 20.1. The zero-order valence-corrected chi connectivity index (χ0v) is 15.7. The van der Waals surface area contributed by atoms with Gasteiger partial charge in [0.05, 0.1) is 13.7 Å². The van der Waals surface area contributed by atoms with Crippen molar-refractivity contribution in [2.45, 2.75) is 26.5 Å². The number of carbonyl (C=O) groups is 2. The van der Waals surface area contributed by atoms with Gasteiger partial charge in [-0.2, -0.15) is 0 Å². The van der Waals surface area contributed by atoms with Gasteiger partial charge in [-0.3, -0.25) is 4.79 Å². The normalized spacial score (nSPS) is 11.2. The highest BCUT2D eigenvalue weighted by molar-refractivity contribution is 5.96. The fraction of sp³-hybridized carbons (Fsp3) is 0.300. The molecule has 0 aliphatic carbocycles. The van der Waals surface area contributed by atoms with Crippen molar-refractivity contribution in [3.05, 3.63) is 54.1 Å². The molecule has 0 spiro atoms. The molecule has 27 heavy (non-hydrogen) atoms. The molecule has 0 radical (unpaired) electrons. The third-order valence-corrected chi connectivity index (χ3v) is 3.67. The van der Waals surface area contributed by atoms with Gasteiger partial charge in [-0.05, 0) is 31.5 Å². The average molecular weight is 372 g/mol. The van der Waals surface area contributed by atoms with E-state index in [9.17, 15) is 9.59 Å². The van der Waals surface area contributed by atoms with Crippen molar-refractivity contribution in [3.63, 3.8) is 0 Å². The van der Waals surface area contributed by atoms with Gasteiger partial charge in [-0.1, -0.05) is 30.3 Å². The molecule has 1 atom stereocenters. The summed E-state index contributed by atoms with van der Waals surface area (Å²) in [6, 6.07) is 13.6. The molecule has 2 aromatic carbocycles. The number of carbonyl (C=O) groups excluding carboxylic acids is 2. The van der Waals surface area contributed by atoms with E-state index in [1.54, 1.807) is 25.1 Å². The summed E-state index contributed by atoms with van der Waals surface area (Å²) < 4.78 is 15.8. The second-order valence-electron chi connectivity index (χ2n) is 5.72. The largest absolute Gasteiger partial charge is 0.493 e. The maximum atomic E-state index is 12.3. The number of ether oxygens (including phenoxy) is 3. The molecule has 0 unspecified atom stereocenters. The molecular weight excluding hydrogens is 348 g/mol. The molecule has 7 nitrogen and oxygen atoms in total. The third kappa shape index (κ3) is 6.22. The zero-order chi connectivity index (χ0) is 19.6. The third-order valence-electron chi connectivity index (χ3n) is 3.67. The Morgan fingerprint density at radius 3 is 2.48 bits per heavy atom. The summed E-state index contributed by atoms with van der Waals surface area (Å²) in [4.78, 5) is 24.1. The number of amides is 2. The Balaban J connectivity index is 1.86. The van der Waals surface area contributed by atoms with E-state index in [-0.39, 0.29) is 12.5 Å². The second-order valence-corrected chi connectivity index (χ2v) is 5.72. The number of nitrogens with one attached hydrogen (secondary N) is 2. The van der Waals surface area contributed by atoms with E-state index >= 15 is 0 Å². The van der Waals surface area contributed by atoms with Crippen LogP contribution >= 0.6 is 0 Å². The first-order valence-electron chi connectivity index (χ1n) is 8.62. The Morgan fingerprint density at radius 2 is 1.81 bits per heavy atom. The first-order valence-corrected chi connectivity index (χ1v) is 8.62. The highest BCUT2D eigenvalue weighted by Crippen LogP contribution is 2.30. The monoisotopic (exact) mass is 372 g/mol. The van der Waals surface area contributed by atoms with E-state index in [2.05, 4.69) is 10.6 Å². The highest BCUT2D eigenvalue weighted by Gasteiger charge is 2.17. The second kappa shape index (κ2) is 10.1. The van der Waals surface area contributed by atoms with E-state index < -0.39 is 12.1 Å². The molecule has 0 aromatic heterocycles. The summed E-state index contributed by atoms with van der Waals surface area (Å²) in [5, 5.41) is 5.22. The van der Waals surface area contributed by atoms with Gasteiger partial charge in [0.15, 0.2) is 11.5 Å². The zero-order valence-electron chi connectivity index (χ0n) is 15.7. The summed E-state index contributed by atoms with van der Waals surface area (Å²) in [6.07, 6.45) is -0.661. The van der Waals surface area contributed by atoms with Crippen molar-refractivity contribution < 1.29 is 23.8 Å². The van der Waals surface area contributed by atoms with Crippen molar-refractivity contribution in [3.8, 4) is 11.5 Å². The maximum absolute atomic E-state index is 12.3. The first-order chi connectivity index (χ1) is 13.0. The summed E-state index contributed by atoms with van der Waals surface area (Å²) in [5.41, 5.74) is 1.40. The number of hydrogen-bond donors (Lipinski definition) is 2. The van der Waals surface area contributed by atoms with Crippen molar-refractivity contribution in [2.75, 3.05) is 19.0 Å². The van der Waals surface area contributed by atoms with Gasteiger partial charge in [0.1, 0.15) is 12.6 Å². The molecule has 2 aromatic rings. The van der Waals surface area contributed by atoms with E-state index in [0.717, 1.165) is 5.56 Å². The Bertz CT molecular complexity index is 764. The van der Waals surface area contributed by atoms with Crippen LogP contribution in [-0.4, -0.2) is 31.8 Å². The van der Waals surface area contributed by atoms with Crippen LogP contribution in [0.1, 0.15) is 19.4 Å². The van der Waals surface area contributed by atoms with E-state index in [1.807, 2.05) is 37.3 Å². The van der Waals surface area contributed by atoms with Gasteiger partial charge in [-0.15, -0.1) is 0 Å². The SMILES string of the molecule is CCOc1ccc(NC(=O)[C@@H](C)NC(=O)OCc2ccccc2)cc1OC. The fourth-order valence-corrected chi connectivity index (χ4v) is 2.28. The van der Waals surface area contributed by atoms with Crippen LogP contribution in [0.15, 0.2) is 48.5 Å². The average Bonchev–Trinajstić information content (AvgIpc) is 2.68. The number of anilines is 1. The van der Waals surface area contributed by atoms with Gasteiger partial charge in [0.25, 0.3) is 0 Å². The predicted octanol–water partition coefficient (Wildman–Crippen LogP) is 3.35. The Labute approximate surface area is 158 Å². The molecule has 7 heteroatoms. The fourth-order valence-electron chi connectivity index (χ4n) is 2.28. The lowest BCUT2D eigenvalue weighted by Crippen LogP contribution is -2.41. The summed E-state index contributed by atoms with van der Waals surface area (Å²) in [5.74, 6) is 0.726. The smallest absolute Gasteiger partial charge is 0.408 e. The molecule has 0 saturated carbocycles. The van der Waals surface area contributed by atoms with Crippen LogP contribution in [0.5, 0.6) is 11.5 Å². The molecule has 0 bridgehead atoms. The van der Waals surface area contributed by atoms with Crippen molar-refractivity contribution in [1.29, 1.82) is 0 Å². The number of methoxy groups -OCH3 is 1. The predicted molar refractivity (Wildman–Crippen MR) is 102 cm³/mol. The van der Waals surface area contributed by atoms with Crippen LogP contribution < -0.4 is 20.1 Å². The number of hydrogen-bond acceptors (Lipinski definition) is 5. The van der Waals surface area contributed by atoms with Crippen LogP contribution in [-0.2, 0) is 16.1 Å². The van der Waals surface area contributed by atoms with Crippen molar-refractivity contribution in [1.82, 2.24) is 5.32 Å². The molecule has 2 amide bonds. The molecule has 0 fully saturated rings. The molecule has 0 saturated heterocycles. The highest BCUT2D eigenvalue weighted by atomic mass is 16.5. The number of benzene rings is 2. The Kier molecular flexibility index (Phi) is 7.49. The Morgan fingerprint density at radius 1 is 1.07 bits per heavy atom. The van der Waals surface area contributed by atoms with Crippen molar-refractivity contribution >= 4 is 17.7 Å². The maximum Gasteiger partial charge on any atom is 0.408 e. The minimum Gasteiger partial charge on any atom is -0.493 e. The molecule has 2 rings (SSSR count). The van der Waals surface area contributed by atoms with Crippen LogP contribution in [0.2, 0.25) is 0 Å². The summed E-state index contributed by atoms with van der Waals surface area (Å²) >= 11 is 0. The van der Waals surface area contributed by atoms with Gasteiger partial charge < -0.3 is 24.8 Å². The van der Waals surface area contributed by atoms with Crippen LogP contribution in [0.4, 0.5) is 10.5 Å². The van der Waals surface area contributed by atoms with Gasteiger partial charge in [-0.25, -0.2) is 4.79 Å². The van der Waals surface area contributed by atoms with Crippen molar-refractivity contribution in [2.24, 2.45) is 0 Å². The summed E-state index contributed by atoms with van der Waals surface area (Å²) in [7, 11) is 1.52. The molecular formula is C20H24N2O5. The number of rotatable bonds is 8. The lowest BCUT2D eigenvalue weighted by Gasteiger charge is -2.15. The van der Waals surface area contributed by atoms with E-state index in [0.29, 0.717) is 23.8 Å². The molecule has 144 valence electrons. The lowest BCUT2D eigenvalue weighted by molar-refractivity contribution is -0.117. The van der Waals surface area contributed by atoms with Gasteiger partial charge in [0.2, 0.25) is 5.91 Å². The minimum absolute atomic E-state index is 0.136. The van der Waals surface area contributed by atoms with Crippen LogP contribution in [0.25, 0.3) is 0 Å². The minimum atomic E-state index is -0.772. The van der Waals surface area contributed by atoms with Crippen LogP contribution in [0.3, 0.4) is 0 Å². The molecule has 2 N–H and O–H groups in total. The topological polar surface area (TPSA) is 85.9 Å². The molecule has 0 aliphatic heterocycles. The lowest BCUT2D eigenvalue weighted by atomic mass is 10.2. The van der Waals surface area contributed by atoms with Crippen LogP contribution in [0, 0.1) is 0 Å². The van der Waals surface area contributed by atoms with E-state index in [1.165, 1.54) is 7.11 Å². The molecule has 0 aliphatic rings. The standard InChI is InChI=1S/C20H24N2O5/c1-4-26-17-11-10-16(12-18(17)25-3)22-19(23)14(2)21-20(24)27-13-15-8-6-5-7-9-15/h5-12,14H,4,13H2,1-3H3,(H,21,24)(H,22,23)/t14-/m1/s1. The molecule has 0 heterocycles. The van der Waals surface area contributed by atoms with Gasteiger partial charge >= 0.3 is 6.09 Å². The summed E-state index contributed by atoms with van der Waals surface area (Å²) in [6.45, 7) is 4.09. The Hall–Kier alpha value is -3.22. The van der Waals surface area contributed by atoms with Gasteiger partial charge in [0, 0.05) is 11.8 Å². The van der Waals surface area contributed by atoms with E-state index in [4.69, 9.17) is 14.2 Å².